The van der Waals surface area contributed by atoms with Gasteiger partial charge in [0, 0.05) is 6.54 Å². The summed E-state index contributed by atoms with van der Waals surface area (Å²) in [6.45, 7) is 2.57. The van der Waals surface area contributed by atoms with E-state index in [-0.39, 0.29) is 11.7 Å². The quantitative estimate of drug-likeness (QED) is 0.607. The van der Waals surface area contributed by atoms with Crippen molar-refractivity contribution in [2.24, 2.45) is 0 Å². The van der Waals surface area contributed by atoms with Gasteiger partial charge < -0.3 is 4.90 Å². The lowest BCUT2D eigenvalue weighted by Gasteiger charge is -2.17. The molecule has 0 radical (unpaired) electrons. The molecule has 1 heterocycles. The molecule has 0 spiro atoms. The van der Waals surface area contributed by atoms with E-state index in [1.807, 2.05) is 25.3 Å². The molecule has 0 bridgehead atoms. The summed E-state index contributed by atoms with van der Waals surface area (Å²) in [5, 5.41) is 0. The second-order valence-corrected chi connectivity index (χ2v) is 5.09. The molecular weight excluding hydrogens is 234 g/mol. The van der Waals surface area contributed by atoms with Crippen LogP contribution >= 0.6 is 11.8 Å². The Morgan fingerprint density at radius 2 is 2.06 bits per heavy atom. The van der Waals surface area contributed by atoms with Crippen LogP contribution in [-0.2, 0) is 4.79 Å². The number of hydrogen-bond donors (Lipinski definition) is 0. The van der Waals surface area contributed by atoms with Gasteiger partial charge in [-0.25, -0.2) is 0 Å². The number of para-hydroxylation sites is 1. The highest BCUT2D eigenvalue weighted by molar-refractivity contribution is 7.98. The Labute approximate surface area is 105 Å². The minimum Gasteiger partial charge on any atom is -0.304 e. The number of amides is 1. The number of Topliss-reactive ketones (excluding diaryl/α,β-unsaturated/α-hetero) is 1. The van der Waals surface area contributed by atoms with Crippen LogP contribution in [0.25, 0.3) is 0 Å². The smallest absolute Gasteiger partial charge is 0.299 e. The first-order valence-electron chi connectivity index (χ1n) is 5.61. The van der Waals surface area contributed by atoms with Gasteiger partial charge in [-0.05, 0) is 37.0 Å². The third-order valence-corrected chi connectivity index (χ3v) is 3.62. The summed E-state index contributed by atoms with van der Waals surface area (Å²) in [5.74, 6) is 0.252. The number of rotatable bonds is 4. The first-order valence-corrected chi connectivity index (χ1v) is 7.01. The van der Waals surface area contributed by atoms with Gasteiger partial charge in [0.05, 0.1) is 11.3 Å². The zero-order valence-corrected chi connectivity index (χ0v) is 10.8. The topological polar surface area (TPSA) is 37.4 Å². The lowest BCUT2D eigenvalue weighted by molar-refractivity contribution is -0.114. The van der Waals surface area contributed by atoms with Crippen LogP contribution in [0.5, 0.6) is 0 Å². The molecule has 17 heavy (non-hydrogen) atoms. The summed E-state index contributed by atoms with van der Waals surface area (Å²) in [6.07, 6.45) is 2.95. The van der Waals surface area contributed by atoms with Crippen LogP contribution in [0.2, 0.25) is 0 Å². The Kier molecular flexibility index (Phi) is 3.52. The van der Waals surface area contributed by atoms with E-state index < -0.39 is 0 Å². The molecule has 90 valence electrons. The number of carbonyl (C=O) groups excluding carboxylic acids is 2. The molecule has 1 amide bonds. The molecule has 0 N–H and O–H groups in total. The van der Waals surface area contributed by atoms with Gasteiger partial charge in [-0.1, -0.05) is 12.1 Å². The van der Waals surface area contributed by atoms with Crippen molar-refractivity contribution >= 4 is 29.1 Å². The molecule has 0 fully saturated rings. The predicted octanol–water partition coefficient (Wildman–Crippen LogP) is 2.28. The Morgan fingerprint density at radius 1 is 1.29 bits per heavy atom. The predicted molar refractivity (Wildman–Crippen MR) is 70.9 cm³/mol. The van der Waals surface area contributed by atoms with E-state index in [0.29, 0.717) is 12.1 Å². The maximum Gasteiger partial charge on any atom is 0.299 e. The van der Waals surface area contributed by atoms with Crippen LogP contribution in [0, 0.1) is 6.92 Å². The Balaban J connectivity index is 2.30. The summed E-state index contributed by atoms with van der Waals surface area (Å²) >= 11 is 1.75. The number of hydrogen-bond acceptors (Lipinski definition) is 3. The molecule has 0 saturated carbocycles. The zero-order chi connectivity index (χ0) is 12.4. The molecule has 0 aromatic heterocycles. The average Bonchev–Trinajstić information content (AvgIpc) is 2.56. The normalized spacial score (nSPS) is 14.4. The SMILES string of the molecule is CSCCCN1C(=O)C(=O)c2cccc(C)c21. The Morgan fingerprint density at radius 3 is 2.76 bits per heavy atom. The standard InChI is InChI=1S/C13H15NO2S/c1-9-5-3-6-10-11(9)14(7-4-8-17-2)13(16)12(10)15/h3,5-6H,4,7-8H2,1-2H3. The van der Waals surface area contributed by atoms with Crippen LogP contribution < -0.4 is 4.90 Å². The number of anilines is 1. The van der Waals surface area contributed by atoms with E-state index in [1.165, 1.54) is 0 Å². The minimum atomic E-state index is -0.379. The molecule has 0 unspecified atom stereocenters. The fraction of sp³-hybridized carbons (Fsp3) is 0.385. The number of aryl methyl sites for hydroxylation is 1. The maximum atomic E-state index is 11.9. The summed E-state index contributed by atoms with van der Waals surface area (Å²) in [7, 11) is 0. The van der Waals surface area contributed by atoms with Gasteiger partial charge in [0.25, 0.3) is 11.7 Å². The lowest BCUT2D eigenvalue weighted by atomic mass is 10.1. The number of ketones is 1. The fourth-order valence-corrected chi connectivity index (χ4v) is 2.54. The van der Waals surface area contributed by atoms with Crippen molar-refractivity contribution < 1.29 is 9.59 Å². The van der Waals surface area contributed by atoms with E-state index in [2.05, 4.69) is 0 Å². The van der Waals surface area contributed by atoms with Gasteiger partial charge in [-0.3, -0.25) is 9.59 Å². The van der Waals surface area contributed by atoms with E-state index in [9.17, 15) is 9.59 Å². The Hall–Kier alpha value is -1.29. The molecule has 0 aliphatic carbocycles. The minimum absolute atomic E-state index is 0.368. The molecule has 1 aromatic rings. The van der Waals surface area contributed by atoms with Crippen molar-refractivity contribution in [2.75, 3.05) is 23.5 Å². The van der Waals surface area contributed by atoms with Crippen LogP contribution in [-0.4, -0.2) is 30.2 Å². The highest BCUT2D eigenvalue weighted by Crippen LogP contribution is 2.32. The van der Waals surface area contributed by atoms with E-state index in [1.54, 1.807) is 22.7 Å². The molecule has 1 aliphatic heterocycles. The van der Waals surface area contributed by atoms with Gasteiger partial charge in [0.15, 0.2) is 0 Å². The zero-order valence-electron chi connectivity index (χ0n) is 10.0. The summed E-state index contributed by atoms with van der Waals surface area (Å²) in [6, 6.07) is 5.49. The van der Waals surface area contributed by atoms with Gasteiger partial charge in [-0.15, -0.1) is 0 Å². The van der Waals surface area contributed by atoms with Crippen molar-refractivity contribution in [3.63, 3.8) is 0 Å². The fourth-order valence-electron chi connectivity index (χ4n) is 2.12. The monoisotopic (exact) mass is 249 g/mol. The number of fused-ring (bicyclic) bond motifs is 1. The van der Waals surface area contributed by atoms with E-state index >= 15 is 0 Å². The molecule has 0 saturated heterocycles. The largest absolute Gasteiger partial charge is 0.304 e. The van der Waals surface area contributed by atoms with Crippen molar-refractivity contribution in [1.82, 2.24) is 0 Å². The number of carbonyl (C=O) groups is 2. The van der Waals surface area contributed by atoms with Crippen LogP contribution in [0.15, 0.2) is 18.2 Å². The molecule has 2 rings (SSSR count). The van der Waals surface area contributed by atoms with Crippen molar-refractivity contribution in [3.8, 4) is 0 Å². The second-order valence-electron chi connectivity index (χ2n) is 4.10. The first-order chi connectivity index (χ1) is 8.16. The number of thioether (sulfide) groups is 1. The highest BCUT2D eigenvalue weighted by Gasteiger charge is 2.36. The molecule has 0 atom stereocenters. The van der Waals surface area contributed by atoms with Crippen LogP contribution in [0.3, 0.4) is 0 Å². The lowest BCUT2D eigenvalue weighted by Crippen LogP contribution is -2.31. The number of nitrogens with zero attached hydrogens (tertiary/aromatic N) is 1. The van der Waals surface area contributed by atoms with Crippen LogP contribution in [0.1, 0.15) is 22.3 Å². The van der Waals surface area contributed by atoms with E-state index in [4.69, 9.17) is 0 Å². The van der Waals surface area contributed by atoms with Crippen LogP contribution in [0.4, 0.5) is 5.69 Å². The van der Waals surface area contributed by atoms with Gasteiger partial charge in [-0.2, -0.15) is 11.8 Å². The van der Waals surface area contributed by atoms with Crippen molar-refractivity contribution in [1.29, 1.82) is 0 Å². The highest BCUT2D eigenvalue weighted by atomic mass is 32.2. The summed E-state index contributed by atoms with van der Waals surface area (Å²) in [5.41, 5.74) is 2.36. The summed E-state index contributed by atoms with van der Waals surface area (Å²) < 4.78 is 0. The van der Waals surface area contributed by atoms with Crippen molar-refractivity contribution in [2.45, 2.75) is 13.3 Å². The molecular formula is C13H15NO2S. The molecule has 1 aliphatic rings. The summed E-state index contributed by atoms with van der Waals surface area (Å²) in [4.78, 5) is 25.3. The molecule has 4 heteroatoms. The number of benzene rings is 1. The first kappa shape index (κ1) is 12.2. The van der Waals surface area contributed by atoms with Gasteiger partial charge in [0.2, 0.25) is 0 Å². The maximum absolute atomic E-state index is 11.9. The molecule has 1 aromatic carbocycles. The van der Waals surface area contributed by atoms with E-state index in [0.717, 1.165) is 23.4 Å². The Bertz CT molecular complexity index is 470. The molecule has 3 nitrogen and oxygen atoms in total. The third kappa shape index (κ3) is 2.09. The van der Waals surface area contributed by atoms with Gasteiger partial charge >= 0.3 is 0 Å². The van der Waals surface area contributed by atoms with Gasteiger partial charge in [0.1, 0.15) is 0 Å². The second kappa shape index (κ2) is 4.92. The average molecular weight is 249 g/mol. The third-order valence-electron chi connectivity index (χ3n) is 2.92. The van der Waals surface area contributed by atoms with Crippen molar-refractivity contribution in [3.05, 3.63) is 29.3 Å².